The molecule has 1 atom stereocenters. The maximum atomic E-state index is 5.92. The standard InChI is InChI=1S/C12H15ClN2O/c1-3-7(2)4-12-15-10-5-8(13)9(14)6-11(10)16-12/h5-7H,3-4,14H2,1-2H3. The molecule has 1 aromatic carbocycles. The zero-order valence-electron chi connectivity index (χ0n) is 9.46. The highest BCUT2D eigenvalue weighted by atomic mass is 35.5. The molecule has 0 aliphatic heterocycles. The van der Waals surface area contributed by atoms with Crippen LogP contribution in [0.5, 0.6) is 0 Å². The lowest BCUT2D eigenvalue weighted by Gasteiger charge is -2.02. The number of oxazole rings is 1. The molecule has 3 nitrogen and oxygen atoms in total. The summed E-state index contributed by atoms with van der Waals surface area (Å²) < 4.78 is 5.63. The number of aromatic nitrogens is 1. The number of nitrogens with zero attached hydrogens (tertiary/aromatic N) is 1. The fourth-order valence-electron chi connectivity index (χ4n) is 1.54. The largest absolute Gasteiger partial charge is 0.441 e. The van der Waals surface area contributed by atoms with Crippen molar-refractivity contribution >= 4 is 28.4 Å². The second-order valence-electron chi connectivity index (χ2n) is 4.17. The maximum Gasteiger partial charge on any atom is 0.195 e. The smallest absolute Gasteiger partial charge is 0.195 e. The summed E-state index contributed by atoms with van der Waals surface area (Å²) in [5, 5.41) is 0.524. The first-order valence-electron chi connectivity index (χ1n) is 5.44. The Balaban J connectivity index is 2.36. The lowest BCUT2D eigenvalue weighted by molar-refractivity contribution is 0.455. The fraction of sp³-hybridized carbons (Fsp3) is 0.417. The van der Waals surface area contributed by atoms with Gasteiger partial charge in [0.15, 0.2) is 11.5 Å². The Hall–Kier alpha value is -1.22. The molecule has 0 aliphatic carbocycles. The first-order valence-corrected chi connectivity index (χ1v) is 5.82. The SMILES string of the molecule is CCC(C)Cc1nc2cc(Cl)c(N)cc2o1. The molecule has 86 valence electrons. The Morgan fingerprint density at radius 1 is 1.50 bits per heavy atom. The van der Waals surface area contributed by atoms with Crippen LogP contribution >= 0.6 is 11.6 Å². The van der Waals surface area contributed by atoms with Crippen LogP contribution in [0.2, 0.25) is 5.02 Å². The highest BCUT2D eigenvalue weighted by Crippen LogP contribution is 2.27. The average molecular weight is 239 g/mol. The zero-order valence-corrected chi connectivity index (χ0v) is 10.2. The van der Waals surface area contributed by atoms with Crippen LogP contribution in [0.25, 0.3) is 11.1 Å². The Kier molecular flexibility index (Phi) is 3.06. The molecule has 4 heteroatoms. The molecule has 0 spiro atoms. The number of fused-ring (bicyclic) bond motifs is 1. The number of hydrogen-bond acceptors (Lipinski definition) is 3. The van der Waals surface area contributed by atoms with Gasteiger partial charge in [0.05, 0.1) is 10.7 Å². The molecular weight excluding hydrogens is 224 g/mol. The molecular formula is C12H15ClN2O. The van der Waals surface area contributed by atoms with Crippen LogP contribution < -0.4 is 5.73 Å². The van der Waals surface area contributed by atoms with Crippen molar-refractivity contribution in [2.24, 2.45) is 5.92 Å². The van der Waals surface area contributed by atoms with E-state index in [2.05, 4.69) is 18.8 Å². The minimum Gasteiger partial charge on any atom is -0.441 e. The van der Waals surface area contributed by atoms with E-state index in [1.165, 1.54) is 0 Å². The van der Waals surface area contributed by atoms with Crippen molar-refractivity contribution in [2.75, 3.05) is 5.73 Å². The van der Waals surface area contributed by atoms with Crippen molar-refractivity contribution in [1.82, 2.24) is 4.98 Å². The van der Waals surface area contributed by atoms with Gasteiger partial charge in [0.25, 0.3) is 0 Å². The lowest BCUT2D eigenvalue weighted by Crippen LogP contribution is -1.97. The summed E-state index contributed by atoms with van der Waals surface area (Å²) >= 11 is 5.92. The van der Waals surface area contributed by atoms with Gasteiger partial charge in [0.1, 0.15) is 5.52 Å². The summed E-state index contributed by atoms with van der Waals surface area (Å²) in [6, 6.07) is 3.47. The van der Waals surface area contributed by atoms with E-state index in [9.17, 15) is 0 Å². The number of nitrogens with two attached hydrogens (primary N) is 1. The molecule has 0 radical (unpaired) electrons. The van der Waals surface area contributed by atoms with Gasteiger partial charge in [-0.3, -0.25) is 0 Å². The molecule has 1 unspecified atom stereocenters. The van der Waals surface area contributed by atoms with Crippen molar-refractivity contribution in [1.29, 1.82) is 0 Å². The van der Waals surface area contributed by atoms with Gasteiger partial charge in [-0.1, -0.05) is 31.9 Å². The number of benzene rings is 1. The third kappa shape index (κ3) is 2.14. The summed E-state index contributed by atoms with van der Waals surface area (Å²) in [6.45, 7) is 4.33. The normalized spacial score (nSPS) is 13.2. The second kappa shape index (κ2) is 4.34. The predicted molar refractivity (Wildman–Crippen MR) is 66.6 cm³/mol. The first kappa shape index (κ1) is 11.3. The van der Waals surface area contributed by atoms with Crippen LogP contribution in [0.3, 0.4) is 0 Å². The molecule has 16 heavy (non-hydrogen) atoms. The molecule has 0 fully saturated rings. The Morgan fingerprint density at radius 3 is 2.94 bits per heavy atom. The highest BCUT2D eigenvalue weighted by molar-refractivity contribution is 6.33. The molecule has 2 N–H and O–H groups in total. The molecule has 0 aliphatic rings. The van der Waals surface area contributed by atoms with E-state index >= 15 is 0 Å². The predicted octanol–water partition coefficient (Wildman–Crippen LogP) is 3.65. The van der Waals surface area contributed by atoms with Gasteiger partial charge in [0, 0.05) is 12.5 Å². The van der Waals surface area contributed by atoms with E-state index < -0.39 is 0 Å². The number of halogens is 1. The summed E-state index contributed by atoms with van der Waals surface area (Å²) in [5.41, 5.74) is 7.72. The van der Waals surface area contributed by atoms with Gasteiger partial charge in [-0.25, -0.2) is 4.98 Å². The number of nitrogen functional groups attached to an aromatic ring is 1. The van der Waals surface area contributed by atoms with Crippen molar-refractivity contribution in [2.45, 2.75) is 26.7 Å². The minimum absolute atomic E-state index is 0.524. The third-order valence-corrected chi connectivity index (χ3v) is 3.10. The number of rotatable bonds is 3. The first-order chi connectivity index (χ1) is 7.60. The van der Waals surface area contributed by atoms with Crippen LogP contribution in [0.15, 0.2) is 16.5 Å². The van der Waals surface area contributed by atoms with Gasteiger partial charge < -0.3 is 10.2 Å². The molecule has 2 aromatic rings. The van der Waals surface area contributed by atoms with Gasteiger partial charge in [-0.05, 0) is 12.0 Å². The van der Waals surface area contributed by atoms with Crippen LogP contribution in [0.4, 0.5) is 5.69 Å². The number of hydrogen-bond donors (Lipinski definition) is 1. The summed E-state index contributed by atoms with van der Waals surface area (Å²) in [4.78, 5) is 4.40. The van der Waals surface area contributed by atoms with E-state index in [-0.39, 0.29) is 0 Å². The van der Waals surface area contributed by atoms with E-state index in [1.54, 1.807) is 12.1 Å². The van der Waals surface area contributed by atoms with Gasteiger partial charge in [0.2, 0.25) is 0 Å². The second-order valence-corrected chi connectivity index (χ2v) is 4.57. The molecule has 0 saturated carbocycles. The van der Waals surface area contributed by atoms with E-state index in [0.29, 0.717) is 22.2 Å². The molecule has 0 amide bonds. The number of anilines is 1. The Bertz CT molecular complexity index is 468. The molecule has 0 saturated heterocycles. The Morgan fingerprint density at radius 2 is 2.25 bits per heavy atom. The van der Waals surface area contributed by atoms with Crippen molar-refractivity contribution in [3.63, 3.8) is 0 Å². The quantitative estimate of drug-likeness (QED) is 0.831. The molecule has 0 bridgehead atoms. The Labute approximate surface area is 99.6 Å². The van der Waals surface area contributed by atoms with E-state index in [0.717, 1.165) is 24.2 Å². The van der Waals surface area contributed by atoms with Crippen molar-refractivity contribution in [3.05, 3.63) is 23.0 Å². The average Bonchev–Trinajstić information content (AvgIpc) is 2.60. The molecule has 1 aromatic heterocycles. The van der Waals surface area contributed by atoms with Crippen LogP contribution in [-0.4, -0.2) is 4.98 Å². The topological polar surface area (TPSA) is 52.0 Å². The minimum atomic E-state index is 0.524. The van der Waals surface area contributed by atoms with Crippen LogP contribution in [-0.2, 0) is 6.42 Å². The van der Waals surface area contributed by atoms with E-state index in [1.807, 2.05) is 0 Å². The van der Waals surface area contributed by atoms with Gasteiger partial charge in [-0.2, -0.15) is 0 Å². The zero-order chi connectivity index (χ0) is 11.7. The van der Waals surface area contributed by atoms with E-state index in [4.69, 9.17) is 21.8 Å². The molecule has 1 heterocycles. The summed E-state index contributed by atoms with van der Waals surface area (Å²) in [6.07, 6.45) is 1.96. The van der Waals surface area contributed by atoms with Crippen molar-refractivity contribution in [3.8, 4) is 0 Å². The van der Waals surface area contributed by atoms with Crippen LogP contribution in [0, 0.1) is 5.92 Å². The lowest BCUT2D eigenvalue weighted by atomic mass is 10.1. The monoisotopic (exact) mass is 238 g/mol. The molecule has 2 rings (SSSR count). The van der Waals surface area contributed by atoms with Crippen LogP contribution in [0.1, 0.15) is 26.2 Å². The summed E-state index contributed by atoms with van der Waals surface area (Å²) in [5.74, 6) is 1.33. The highest BCUT2D eigenvalue weighted by Gasteiger charge is 2.10. The van der Waals surface area contributed by atoms with Gasteiger partial charge >= 0.3 is 0 Å². The van der Waals surface area contributed by atoms with Crippen molar-refractivity contribution < 1.29 is 4.42 Å². The van der Waals surface area contributed by atoms with Gasteiger partial charge in [-0.15, -0.1) is 0 Å². The fourth-order valence-corrected chi connectivity index (χ4v) is 1.70. The third-order valence-electron chi connectivity index (χ3n) is 2.77. The summed E-state index contributed by atoms with van der Waals surface area (Å²) in [7, 11) is 0. The maximum absolute atomic E-state index is 5.92.